The van der Waals surface area contributed by atoms with Crippen LogP contribution in [0.5, 0.6) is 0 Å². The monoisotopic (exact) mass is 894 g/mol. The Kier molecular flexibility index (Phi) is 18.0. The van der Waals surface area contributed by atoms with Gasteiger partial charge in [0, 0.05) is 20.1 Å². The summed E-state index contributed by atoms with van der Waals surface area (Å²) in [7, 11) is 1.30. The second-order valence-corrected chi connectivity index (χ2v) is 19.1. The van der Waals surface area contributed by atoms with Crippen LogP contribution in [0.15, 0.2) is 0 Å². The number of nitrogens with zero attached hydrogens (tertiary/aromatic N) is 1. The van der Waals surface area contributed by atoms with Gasteiger partial charge in [-0.25, -0.2) is 19.2 Å². The molecule has 2 aliphatic heterocycles. The predicted molar refractivity (Wildman–Crippen MR) is 216 cm³/mol. The van der Waals surface area contributed by atoms with Crippen molar-refractivity contribution in [3.63, 3.8) is 0 Å². The molecule has 0 aromatic carbocycles. The number of aliphatic hydroxyl groups is 4. The number of nitrogens with one attached hydrogen (secondary N) is 4. The molecule has 3 rings (SSSR count). The van der Waals surface area contributed by atoms with Crippen molar-refractivity contribution in [3.05, 3.63) is 0 Å². The van der Waals surface area contributed by atoms with Crippen LogP contribution in [0.1, 0.15) is 94.9 Å². The number of aliphatic hydroxyl groups excluding tert-OH is 3. The van der Waals surface area contributed by atoms with Gasteiger partial charge in [0.1, 0.15) is 52.9 Å². The number of amides is 5. The number of carboxylic acid groups (broad SMARTS) is 1. The Morgan fingerprint density at radius 2 is 1.35 bits per heavy atom. The fourth-order valence-electron chi connectivity index (χ4n) is 7.26. The molecule has 358 valence electrons. The summed E-state index contributed by atoms with van der Waals surface area (Å²) in [5.74, 6) is -0.986. The molecule has 2 heterocycles. The van der Waals surface area contributed by atoms with Crippen LogP contribution in [0.2, 0.25) is 0 Å². The summed E-state index contributed by atoms with van der Waals surface area (Å²) in [6.07, 6.45) is -16.3. The quantitative estimate of drug-likeness (QED) is 0.109. The second-order valence-electron chi connectivity index (χ2n) is 19.1. The number of ether oxygens (including phenoxy) is 7. The maximum absolute atomic E-state index is 13.6. The molecular formula is C39H70N6O17. The van der Waals surface area contributed by atoms with Crippen LogP contribution >= 0.6 is 0 Å². The minimum Gasteiger partial charge on any atom is -0.465 e. The average Bonchev–Trinajstić information content (AvgIpc) is 3.10. The highest BCUT2D eigenvalue weighted by Crippen LogP contribution is 2.35. The van der Waals surface area contributed by atoms with E-state index >= 15 is 0 Å². The number of carbonyl (C=O) groups is 5. The molecule has 11 N–H and O–H groups in total. The van der Waals surface area contributed by atoms with Gasteiger partial charge in [-0.15, -0.1) is 0 Å². The minimum absolute atomic E-state index is 0.0432. The molecule has 5 amide bonds. The predicted octanol–water partition coefficient (Wildman–Crippen LogP) is -0.0211. The number of nitrogens with two attached hydrogens (primary N) is 1. The number of alkyl carbamates (subject to hydrolysis) is 2. The Balaban J connectivity index is 2.04. The van der Waals surface area contributed by atoms with Gasteiger partial charge in [0.25, 0.3) is 0 Å². The third-order valence-electron chi connectivity index (χ3n) is 9.88. The zero-order valence-corrected chi connectivity index (χ0v) is 37.5. The van der Waals surface area contributed by atoms with Crippen LogP contribution in [-0.4, -0.2) is 183 Å². The molecule has 23 nitrogen and oxygen atoms in total. The van der Waals surface area contributed by atoms with E-state index in [1.165, 1.54) is 14.0 Å². The van der Waals surface area contributed by atoms with Crippen molar-refractivity contribution in [2.45, 2.75) is 191 Å². The average molecular weight is 895 g/mol. The van der Waals surface area contributed by atoms with Gasteiger partial charge in [0.15, 0.2) is 12.6 Å². The summed E-state index contributed by atoms with van der Waals surface area (Å²) in [6, 6.07) is -4.96. The number of likely N-dealkylation sites (N-methyl/N-ethyl adjacent to an activating group) is 1. The van der Waals surface area contributed by atoms with Crippen LogP contribution in [0.4, 0.5) is 19.2 Å². The third-order valence-corrected chi connectivity index (χ3v) is 9.88. The highest BCUT2D eigenvalue weighted by atomic mass is 16.7. The Hall–Kier alpha value is -3.81. The Morgan fingerprint density at radius 1 is 0.806 bits per heavy atom. The third kappa shape index (κ3) is 15.8. The molecule has 13 atom stereocenters. The summed E-state index contributed by atoms with van der Waals surface area (Å²) < 4.78 is 40.5. The lowest BCUT2D eigenvalue weighted by Crippen LogP contribution is -2.71. The van der Waals surface area contributed by atoms with Crippen LogP contribution in [0, 0.1) is 0 Å². The largest absolute Gasteiger partial charge is 0.465 e. The molecule has 0 spiro atoms. The van der Waals surface area contributed by atoms with E-state index in [0.29, 0.717) is 6.42 Å². The lowest BCUT2D eigenvalue weighted by molar-refractivity contribution is -0.314. The molecule has 0 radical (unpaired) electrons. The second kappa shape index (κ2) is 21.2. The van der Waals surface area contributed by atoms with Gasteiger partial charge >= 0.3 is 24.4 Å². The molecule has 2 saturated heterocycles. The first-order valence-electron chi connectivity index (χ1n) is 20.7. The van der Waals surface area contributed by atoms with Crippen LogP contribution in [0.3, 0.4) is 0 Å². The fourth-order valence-corrected chi connectivity index (χ4v) is 7.26. The zero-order chi connectivity index (χ0) is 47.1. The van der Waals surface area contributed by atoms with E-state index in [0.717, 1.165) is 4.90 Å². The van der Waals surface area contributed by atoms with Crippen molar-refractivity contribution in [1.82, 2.24) is 26.2 Å². The summed E-state index contributed by atoms with van der Waals surface area (Å²) >= 11 is 0. The Morgan fingerprint density at radius 3 is 1.90 bits per heavy atom. The first kappa shape index (κ1) is 52.5. The topological polar surface area (TPSA) is 328 Å². The van der Waals surface area contributed by atoms with Crippen molar-refractivity contribution >= 4 is 30.3 Å². The fraction of sp³-hybridized carbons (Fsp3) is 0.872. The van der Waals surface area contributed by atoms with E-state index in [9.17, 15) is 49.5 Å². The molecular weight excluding hydrogens is 824 g/mol. The number of hydrogen-bond acceptors (Lipinski definition) is 17. The number of hydrogen-bond donors (Lipinski definition) is 10. The molecule has 62 heavy (non-hydrogen) atoms. The van der Waals surface area contributed by atoms with Crippen molar-refractivity contribution in [2.24, 2.45) is 5.73 Å². The van der Waals surface area contributed by atoms with Gasteiger partial charge in [0.05, 0.1) is 36.9 Å². The van der Waals surface area contributed by atoms with Crippen molar-refractivity contribution in [1.29, 1.82) is 0 Å². The van der Waals surface area contributed by atoms with Crippen molar-refractivity contribution < 1.29 is 82.7 Å². The Labute approximate surface area is 361 Å². The van der Waals surface area contributed by atoms with Gasteiger partial charge in [-0.3, -0.25) is 4.79 Å². The molecule has 0 bridgehead atoms. The van der Waals surface area contributed by atoms with Gasteiger partial charge in [-0.2, -0.15) is 0 Å². The van der Waals surface area contributed by atoms with E-state index in [4.69, 9.17) is 38.9 Å². The van der Waals surface area contributed by atoms with E-state index in [2.05, 4.69) is 21.3 Å². The van der Waals surface area contributed by atoms with E-state index in [1.807, 2.05) is 0 Å². The molecule has 0 unspecified atom stereocenters. The molecule has 3 aliphatic rings. The maximum atomic E-state index is 13.6. The lowest BCUT2D eigenvalue weighted by Gasteiger charge is -2.51. The van der Waals surface area contributed by atoms with E-state index in [-0.39, 0.29) is 32.4 Å². The van der Waals surface area contributed by atoms with E-state index < -0.39 is 133 Å². The standard InChI is InChI=1S/C39H70N6O17/c1-36(2,3)60-33(52)41-15-14-23(46)29(49)42-21-16-22(44-34(53)61-37(4,5)6)27(58-30-20(43-32(50)51)13-12-19(17-40)57-30)24(47)26(21)59-31-25(48)28(39(10,55)18-56-31)45(11)35(54)62-38(7,8)9/h19-28,30-31,43,46-48,55H,12-18,40H2,1-11H3,(H,41,52)(H,42,49)(H,44,53)(H,50,51)/t19-,20+,21+,22-,23-,24+,25+,26-,27+,28+,30+,31+,39-/m0/s1. The molecule has 0 aromatic rings. The minimum atomic E-state index is -1.88. The van der Waals surface area contributed by atoms with Gasteiger partial charge in [-0.05, 0) is 94.9 Å². The smallest absolute Gasteiger partial charge is 0.410 e. The SMILES string of the molecule is CN(C(=O)OC(C)(C)C)[C@@H]1[C@@H](O)[C@@H](O[C@@H]2[C@@H](O)[C@H](O[C@H]3O[C@H](CN)CC[C@H]3NC(=O)O)[C@@H](NC(=O)OC(C)(C)C)C[C@H]2NC(=O)[C@@H](O)CCNC(=O)OC(C)(C)C)OC[C@]1(C)O. The molecule has 1 aliphatic carbocycles. The molecule has 23 heteroatoms. The van der Waals surface area contributed by atoms with Gasteiger partial charge < -0.3 is 90.6 Å². The van der Waals surface area contributed by atoms with Gasteiger partial charge in [-0.1, -0.05) is 0 Å². The lowest BCUT2D eigenvalue weighted by atomic mass is 9.82. The molecule has 1 saturated carbocycles. The first-order valence-corrected chi connectivity index (χ1v) is 20.7. The highest BCUT2D eigenvalue weighted by molar-refractivity contribution is 5.81. The summed E-state index contributed by atoms with van der Waals surface area (Å²) in [4.78, 5) is 65.0. The zero-order valence-electron chi connectivity index (χ0n) is 37.5. The summed E-state index contributed by atoms with van der Waals surface area (Å²) in [5.41, 5.74) is 1.29. The van der Waals surface area contributed by atoms with E-state index in [1.54, 1.807) is 62.3 Å². The molecule has 3 fully saturated rings. The van der Waals surface area contributed by atoms with Crippen LogP contribution in [0.25, 0.3) is 0 Å². The van der Waals surface area contributed by atoms with Gasteiger partial charge in [0.2, 0.25) is 5.91 Å². The summed E-state index contributed by atoms with van der Waals surface area (Å²) in [6.45, 7) is 15.4. The van der Waals surface area contributed by atoms with Crippen molar-refractivity contribution in [2.75, 3.05) is 26.7 Å². The highest BCUT2D eigenvalue weighted by Gasteiger charge is 2.55. The van der Waals surface area contributed by atoms with Crippen LogP contribution < -0.4 is 27.0 Å². The first-order chi connectivity index (χ1) is 28.4. The van der Waals surface area contributed by atoms with Crippen LogP contribution in [-0.2, 0) is 38.0 Å². The number of carbonyl (C=O) groups excluding carboxylic acids is 4. The number of rotatable bonds is 13. The normalized spacial score (nSPS) is 32.4. The Bertz CT molecular complexity index is 1530. The summed E-state index contributed by atoms with van der Waals surface area (Å²) in [5, 5.41) is 66.0. The molecule has 0 aromatic heterocycles. The van der Waals surface area contributed by atoms with Crippen molar-refractivity contribution in [3.8, 4) is 0 Å². The maximum Gasteiger partial charge on any atom is 0.410 e.